The fraction of sp³-hybridized carbons (Fsp3) is 0.0238. The zero-order chi connectivity index (χ0) is 29.1. The number of hydrogen-bond acceptors (Lipinski definition) is 1. The summed E-state index contributed by atoms with van der Waals surface area (Å²) in [6.45, 7) is 0. The number of pyridine rings is 1. The molecule has 0 radical (unpaired) electrons. The number of fused-ring (bicyclic) bond motifs is 6. The van der Waals surface area contributed by atoms with E-state index in [0.717, 1.165) is 5.69 Å². The van der Waals surface area contributed by atoms with Crippen molar-refractivity contribution >= 4 is 21.8 Å². The molecule has 0 N–H and O–H groups in total. The van der Waals surface area contributed by atoms with E-state index in [0.29, 0.717) is 0 Å². The molecule has 1 aliphatic rings. The number of benzene rings is 6. The molecule has 1 unspecified atom stereocenters. The predicted octanol–water partition coefficient (Wildman–Crippen LogP) is 10.2. The van der Waals surface area contributed by atoms with Gasteiger partial charge in [0.1, 0.15) is 0 Å². The first-order valence-electron chi connectivity index (χ1n) is 15.1. The molecule has 1 atom stereocenters. The molecular weight excluding hydrogens is 532 g/mol. The van der Waals surface area contributed by atoms with E-state index in [1.165, 1.54) is 66.4 Å². The maximum absolute atomic E-state index is 4.98. The normalized spacial score (nSPS) is 15.4. The van der Waals surface area contributed by atoms with Gasteiger partial charge in [-0.25, -0.2) is 0 Å². The molecule has 8 aromatic rings. The highest BCUT2D eigenvalue weighted by atomic mass is 15.0. The second kappa shape index (κ2) is 9.65. The molecule has 0 amide bonds. The van der Waals surface area contributed by atoms with Crippen molar-refractivity contribution in [1.29, 1.82) is 0 Å². The molecule has 0 saturated carbocycles. The zero-order valence-corrected chi connectivity index (χ0v) is 24.1. The maximum atomic E-state index is 4.98. The second-order valence-electron chi connectivity index (χ2n) is 11.6. The number of nitrogens with zero attached hydrogens (tertiary/aromatic N) is 2. The topological polar surface area (TPSA) is 17.8 Å². The highest BCUT2D eigenvalue weighted by Crippen LogP contribution is 2.56. The molecule has 0 spiro atoms. The lowest BCUT2D eigenvalue weighted by atomic mass is 9.70. The lowest BCUT2D eigenvalue weighted by Gasteiger charge is -2.32. The number of para-hydroxylation sites is 2. The van der Waals surface area contributed by atoms with E-state index in [1.54, 1.807) is 0 Å². The summed E-state index contributed by atoms with van der Waals surface area (Å²) in [7, 11) is 0. The van der Waals surface area contributed by atoms with Crippen molar-refractivity contribution in [3.63, 3.8) is 0 Å². The molecule has 2 heterocycles. The van der Waals surface area contributed by atoms with Gasteiger partial charge in [-0.3, -0.25) is 4.98 Å². The molecule has 6 aromatic carbocycles. The van der Waals surface area contributed by atoms with Crippen LogP contribution >= 0.6 is 0 Å². The predicted molar refractivity (Wildman–Crippen MR) is 181 cm³/mol. The van der Waals surface area contributed by atoms with E-state index in [-0.39, 0.29) is 0 Å². The summed E-state index contributed by atoms with van der Waals surface area (Å²) in [4.78, 5) is 4.98. The molecule has 9 rings (SSSR count). The van der Waals surface area contributed by atoms with Crippen LogP contribution in [-0.4, -0.2) is 9.55 Å². The summed E-state index contributed by atoms with van der Waals surface area (Å²) in [5.41, 5.74) is 12.9. The summed E-state index contributed by atoms with van der Waals surface area (Å²) in [6, 6.07) is 59.2. The van der Waals surface area contributed by atoms with Crippen molar-refractivity contribution in [2.45, 2.75) is 5.41 Å². The molecule has 44 heavy (non-hydrogen) atoms. The van der Waals surface area contributed by atoms with Gasteiger partial charge in [0.2, 0.25) is 0 Å². The van der Waals surface area contributed by atoms with Gasteiger partial charge in [-0.15, -0.1) is 0 Å². The third-order valence-corrected chi connectivity index (χ3v) is 9.32. The van der Waals surface area contributed by atoms with E-state index in [9.17, 15) is 0 Å². The fourth-order valence-electron chi connectivity index (χ4n) is 7.48. The van der Waals surface area contributed by atoms with Gasteiger partial charge >= 0.3 is 0 Å². The smallest absolute Gasteiger partial charge is 0.0885 e. The largest absolute Gasteiger partial charge is 0.309 e. The lowest BCUT2D eigenvalue weighted by molar-refractivity contribution is 0.735. The highest BCUT2D eigenvalue weighted by molar-refractivity contribution is 6.10. The maximum Gasteiger partial charge on any atom is 0.0885 e. The standard InChI is InChI=1S/C42H28N2/c1-3-13-31(14-4-1)42(41-21-11-12-26-43-41)37-19-9-7-17-33(37)35-27-29(22-24-38(35)42)30-23-25-40-36(28-30)34-18-8-10-20-39(34)44(40)32-15-5-2-6-16-32/h1-28H. The van der Waals surface area contributed by atoms with E-state index in [2.05, 4.69) is 162 Å². The Kier molecular flexibility index (Phi) is 5.45. The first-order valence-corrected chi connectivity index (χ1v) is 15.1. The van der Waals surface area contributed by atoms with Crippen molar-refractivity contribution in [1.82, 2.24) is 9.55 Å². The Morgan fingerprint density at radius 2 is 1.11 bits per heavy atom. The Balaban J connectivity index is 1.28. The zero-order valence-electron chi connectivity index (χ0n) is 24.1. The van der Waals surface area contributed by atoms with Gasteiger partial charge in [0.15, 0.2) is 0 Å². The van der Waals surface area contributed by atoms with Crippen LogP contribution < -0.4 is 0 Å². The van der Waals surface area contributed by atoms with E-state index >= 15 is 0 Å². The lowest BCUT2D eigenvalue weighted by Crippen LogP contribution is -2.29. The Hall–Kier alpha value is -5.73. The van der Waals surface area contributed by atoms with Crippen LogP contribution in [0.5, 0.6) is 0 Å². The van der Waals surface area contributed by atoms with Crippen LogP contribution in [0.3, 0.4) is 0 Å². The summed E-state index contributed by atoms with van der Waals surface area (Å²) >= 11 is 0. The third-order valence-electron chi connectivity index (χ3n) is 9.32. The van der Waals surface area contributed by atoms with Gasteiger partial charge in [0, 0.05) is 22.7 Å². The van der Waals surface area contributed by atoms with Crippen molar-refractivity contribution in [2.24, 2.45) is 0 Å². The van der Waals surface area contributed by atoms with E-state index in [1.807, 2.05) is 12.3 Å². The second-order valence-corrected chi connectivity index (χ2v) is 11.6. The summed E-state index contributed by atoms with van der Waals surface area (Å²) in [5, 5.41) is 2.52. The Morgan fingerprint density at radius 1 is 0.455 bits per heavy atom. The fourth-order valence-corrected chi connectivity index (χ4v) is 7.48. The van der Waals surface area contributed by atoms with Crippen LogP contribution in [0.1, 0.15) is 22.4 Å². The van der Waals surface area contributed by atoms with Crippen LogP contribution in [-0.2, 0) is 5.41 Å². The molecule has 2 aromatic heterocycles. The average molecular weight is 561 g/mol. The SMILES string of the molecule is c1ccc(-n2c3ccccc3c3cc(-c4ccc5c(c4)-c4ccccc4C5(c4ccccc4)c4ccccn4)ccc32)cc1. The summed E-state index contributed by atoms with van der Waals surface area (Å²) in [6.07, 6.45) is 1.91. The minimum Gasteiger partial charge on any atom is -0.309 e. The highest BCUT2D eigenvalue weighted by Gasteiger charge is 2.47. The van der Waals surface area contributed by atoms with Crippen molar-refractivity contribution in [2.75, 3.05) is 0 Å². The minimum atomic E-state index is -0.486. The molecule has 0 fully saturated rings. The van der Waals surface area contributed by atoms with Crippen LogP contribution in [0.25, 0.3) is 49.7 Å². The van der Waals surface area contributed by atoms with E-state index < -0.39 is 5.41 Å². The molecule has 0 saturated heterocycles. The van der Waals surface area contributed by atoms with Crippen LogP contribution in [0.15, 0.2) is 170 Å². The molecule has 206 valence electrons. The molecule has 2 heteroatoms. The van der Waals surface area contributed by atoms with Crippen molar-refractivity contribution in [3.05, 3.63) is 192 Å². The average Bonchev–Trinajstić information content (AvgIpc) is 3.60. The van der Waals surface area contributed by atoms with Gasteiger partial charge in [-0.1, -0.05) is 115 Å². The summed E-state index contributed by atoms with van der Waals surface area (Å²) < 4.78 is 2.37. The molecule has 0 bridgehead atoms. The molecule has 0 aliphatic heterocycles. The number of hydrogen-bond donors (Lipinski definition) is 0. The molecule has 1 aliphatic carbocycles. The van der Waals surface area contributed by atoms with Gasteiger partial charge in [0.25, 0.3) is 0 Å². The first-order chi connectivity index (χ1) is 21.8. The van der Waals surface area contributed by atoms with Gasteiger partial charge in [-0.2, -0.15) is 0 Å². The van der Waals surface area contributed by atoms with Crippen LogP contribution in [0, 0.1) is 0 Å². The van der Waals surface area contributed by atoms with Crippen LogP contribution in [0.4, 0.5) is 0 Å². The Bertz CT molecular complexity index is 2280. The Labute approximate surface area is 256 Å². The van der Waals surface area contributed by atoms with Crippen LogP contribution in [0.2, 0.25) is 0 Å². The first kappa shape index (κ1) is 24.8. The molecule has 2 nitrogen and oxygen atoms in total. The number of rotatable bonds is 4. The summed E-state index contributed by atoms with van der Waals surface area (Å²) in [5.74, 6) is 0. The van der Waals surface area contributed by atoms with Crippen molar-refractivity contribution < 1.29 is 0 Å². The monoisotopic (exact) mass is 560 g/mol. The minimum absolute atomic E-state index is 0.486. The van der Waals surface area contributed by atoms with Crippen molar-refractivity contribution in [3.8, 4) is 27.9 Å². The van der Waals surface area contributed by atoms with Gasteiger partial charge in [-0.05, 0) is 87.5 Å². The quantitative estimate of drug-likeness (QED) is 0.209. The van der Waals surface area contributed by atoms with E-state index in [4.69, 9.17) is 4.98 Å². The van der Waals surface area contributed by atoms with Gasteiger partial charge < -0.3 is 4.57 Å². The Morgan fingerprint density at radius 3 is 1.95 bits per heavy atom. The third kappa shape index (κ3) is 3.46. The molecular formula is C42H28N2. The van der Waals surface area contributed by atoms with Gasteiger partial charge in [0.05, 0.1) is 22.1 Å². The number of aromatic nitrogens is 2.